The number of hydrogen-bond donors (Lipinski definition) is 1. The second-order valence-electron chi connectivity index (χ2n) is 6.19. The van der Waals surface area contributed by atoms with Crippen molar-refractivity contribution in [2.45, 2.75) is 26.8 Å². The van der Waals surface area contributed by atoms with Gasteiger partial charge in [0.25, 0.3) is 0 Å². The molecule has 0 radical (unpaired) electrons. The lowest BCUT2D eigenvalue weighted by Crippen LogP contribution is -2.27. The van der Waals surface area contributed by atoms with Gasteiger partial charge in [-0.3, -0.25) is 4.79 Å². The zero-order chi connectivity index (χ0) is 18.6. The smallest absolute Gasteiger partial charge is 0.335 e. The minimum atomic E-state index is -0.994. The summed E-state index contributed by atoms with van der Waals surface area (Å²) in [6.07, 6.45) is 0.172. The van der Waals surface area contributed by atoms with Crippen LogP contribution < -0.4 is 4.74 Å². The molecule has 0 saturated carbocycles. The third-order valence-corrected chi connectivity index (χ3v) is 4.10. The first-order valence-electron chi connectivity index (χ1n) is 8.02. The molecule has 0 saturated heterocycles. The van der Waals surface area contributed by atoms with E-state index in [-0.39, 0.29) is 17.9 Å². The third-order valence-electron chi connectivity index (χ3n) is 4.10. The summed E-state index contributed by atoms with van der Waals surface area (Å²) in [5.74, 6) is -0.191. The van der Waals surface area contributed by atoms with Gasteiger partial charge in [-0.15, -0.1) is 0 Å². The molecular weight excluding hydrogens is 318 g/mol. The van der Waals surface area contributed by atoms with Crippen LogP contribution in [0.4, 0.5) is 0 Å². The molecule has 2 aromatic carbocycles. The molecule has 2 rings (SSSR count). The number of carboxylic acids is 1. The number of carbonyl (C=O) groups is 2. The van der Waals surface area contributed by atoms with Crippen molar-refractivity contribution in [1.29, 1.82) is 0 Å². The Balaban J connectivity index is 2.08. The maximum absolute atomic E-state index is 12.4. The van der Waals surface area contributed by atoms with E-state index < -0.39 is 5.97 Å². The topological polar surface area (TPSA) is 66.8 Å². The molecule has 0 bridgehead atoms. The van der Waals surface area contributed by atoms with Crippen LogP contribution in [0.25, 0.3) is 0 Å². The summed E-state index contributed by atoms with van der Waals surface area (Å²) in [4.78, 5) is 25.1. The van der Waals surface area contributed by atoms with Crippen molar-refractivity contribution in [3.05, 3.63) is 64.2 Å². The second-order valence-corrected chi connectivity index (χ2v) is 6.19. The Labute approximate surface area is 147 Å². The van der Waals surface area contributed by atoms with Gasteiger partial charge in [0.2, 0.25) is 5.91 Å². The minimum Gasteiger partial charge on any atom is -0.496 e. The fraction of sp³-hybridized carbons (Fsp3) is 0.300. The Hall–Kier alpha value is -2.82. The number of likely N-dealkylation sites (N-methyl/N-ethyl adjacent to an activating group) is 1. The number of nitrogens with zero attached hydrogens (tertiary/aromatic N) is 1. The third kappa shape index (κ3) is 4.59. The SMILES string of the molecule is COc1c(C)cc(CN(C)C(=O)Cc2cccc(C(=O)O)c2)cc1C. The summed E-state index contributed by atoms with van der Waals surface area (Å²) in [5.41, 5.74) is 3.99. The summed E-state index contributed by atoms with van der Waals surface area (Å²) in [7, 11) is 3.40. The number of hydrogen-bond acceptors (Lipinski definition) is 3. The normalized spacial score (nSPS) is 10.4. The number of amides is 1. The van der Waals surface area contributed by atoms with E-state index in [9.17, 15) is 9.59 Å². The Morgan fingerprint density at radius 3 is 2.28 bits per heavy atom. The molecule has 0 spiro atoms. The average molecular weight is 341 g/mol. The second kappa shape index (κ2) is 7.83. The highest BCUT2D eigenvalue weighted by molar-refractivity contribution is 5.88. The van der Waals surface area contributed by atoms with Gasteiger partial charge in [0.15, 0.2) is 0 Å². The van der Waals surface area contributed by atoms with Crippen LogP contribution in [-0.2, 0) is 17.8 Å². The van der Waals surface area contributed by atoms with Crippen molar-refractivity contribution in [1.82, 2.24) is 4.90 Å². The van der Waals surface area contributed by atoms with E-state index in [1.165, 1.54) is 12.1 Å². The molecule has 5 nitrogen and oxygen atoms in total. The van der Waals surface area contributed by atoms with Gasteiger partial charge in [-0.1, -0.05) is 24.3 Å². The molecule has 0 heterocycles. The number of aromatic carboxylic acids is 1. The average Bonchev–Trinajstić information content (AvgIpc) is 2.54. The maximum Gasteiger partial charge on any atom is 0.335 e. The highest BCUT2D eigenvalue weighted by Gasteiger charge is 2.13. The van der Waals surface area contributed by atoms with Gasteiger partial charge in [0, 0.05) is 13.6 Å². The maximum atomic E-state index is 12.4. The van der Waals surface area contributed by atoms with Gasteiger partial charge in [-0.25, -0.2) is 4.79 Å². The molecule has 0 aliphatic carbocycles. The summed E-state index contributed by atoms with van der Waals surface area (Å²) in [6, 6.07) is 10.5. The summed E-state index contributed by atoms with van der Waals surface area (Å²) < 4.78 is 5.36. The largest absolute Gasteiger partial charge is 0.496 e. The molecule has 2 aromatic rings. The molecule has 5 heteroatoms. The van der Waals surface area contributed by atoms with Crippen molar-refractivity contribution >= 4 is 11.9 Å². The molecule has 0 aliphatic rings. The Morgan fingerprint density at radius 1 is 1.08 bits per heavy atom. The lowest BCUT2D eigenvalue weighted by atomic mass is 10.0. The monoisotopic (exact) mass is 341 g/mol. The number of aryl methyl sites for hydroxylation is 2. The van der Waals surface area contributed by atoms with Crippen molar-refractivity contribution in [3.8, 4) is 5.75 Å². The van der Waals surface area contributed by atoms with E-state index >= 15 is 0 Å². The highest BCUT2D eigenvalue weighted by Crippen LogP contribution is 2.24. The Morgan fingerprint density at radius 2 is 1.72 bits per heavy atom. The van der Waals surface area contributed by atoms with Crippen LogP contribution in [0.15, 0.2) is 36.4 Å². The Kier molecular flexibility index (Phi) is 5.80. The fourth-order valence-corrected chi connectivity index (χ4v) is 2.94. The van der Waals surface area contributed by atoms with Crippen LogP contribution in [-0.4, -0.2) is 36.0 Å². The lowest BCUT2D eigenvalue weighted by molar-refractivity contribution is -0.129. The number of carbonyl (C=O) groups excluding carboxylic acids is 1. The molecule has 0 aromatic heterocycles. The van der Waals surface area contributed by atoms with Gasteiger partial charge in [0.1, 0.15) is 5.75 Å². The molecule has 0 aliphatic heterocycles. The predicted molar refractivity (Wildman–Crippen MR) is 96.0 cm³/mol. The molecule has 1 amide bonds. The van der Waals surface area contributed by atoms with Crippen LogP contribution in [0.1, 0.15) is 32.6 Å². The highest BCUT2D eigenvalue weighted by atomic mass is 16.5. The van der Waals surface area contributed by atoms with Gasteiger partial charge >= 0.3 is 5.97 Å². The van der Waals surface area contributed by atoms with Gasteiger partial charge < -0.3 is 14.7 Å². The quantitative estimate of drug-likeness (QED) is 0.876. The first-order valence-corrected chi connectivity index (χ1v) is 8.02. The predicted octanol–water partition coefficient (Wildman–Crippen LogP) is 3.21. The minimum absolute atomic E-state index is 0.0614. The van der Waals surface area contributed by atoms with E-state index in [1.807, 2.05) is 26.0 Å². The van der Waals surface area contributed by atoms with Crippen LogP contribution in [0, 0.1) is 13.8 Å². The van der Waals surface area contributed by atoms with E-state index in [4.69, 9.17) is 9.84 Å². The number of rotatable bonds is 6. The number of ether oxygens (including phenoxy) is 1. The molecule has 0 atom stereocenters. The number of carboxylic acid groups (broad SMARTS) is 1. The first-order chi connectivity index (χ1) is 11.8. The van der Waals surface area contributed by atoms with Crippen LogP contribution in [0.3, 0.4) is 0 Å². The van der Waals surface area contributed by atoms with E-state index in [0.29, 0.717) is 12.1 Å². The van der Waals surface area contributed by atoms with Crippen LogP contribution in [0.5, 0.6) is 5.75 Å². The summed E-state index contributed by atoms with van der Waals surface area (Å²) in [6.45, 7) is 4.45. The Bertz CT molecular complexity index is 775. The number of benzene rings is 2. The first kappa shape index (κ1) is 18.5. The molecular formula is C20H23NO4. The fourth-order valence-electron chi connectivity index (χ4n) is 2.94. The molecule has 25 heavy (non-hydrogen) atoms. The standard InChI is InChI=1S/C20H23NO4/c1-13-8-16(9-14(2)19(13)25-4)12-21(3)18(22)11-15-6-5-7-17(10-15)20(23)24/h5-10H,11-12H2,1-4H3,(H,23,24). The molecule has 0 unspecified atom stereocenters. The van der Waals surface area contributed by atoms with Gasteiger partial charge in [-0.2, -0.15) is 0 Å². The van der Waals surface area contributed by atoms with Crippen molar-refractivity contribution in [2.24, 2.45) is 0 Å². The van der Waals surface area contributed by atoms with Crippen molar-refractivity contribution in [2.75, 3.05) is 14.2 Å². The van der Waals surface area contributed by atoms with E-state index in [0.717, 1.165) is 22.4 Å². The van der Waals surface area contributed by atoms with Crippen molar-refractivity contribution in [3.63, 3.8) is 0 Å². The molecule has 132 valence electrons. The van der Waals surface area contributed by atoms with Crippen LogP contribution >= 0.6 is 0 Å². The van der Waals surface area contributed by atoms with Gasteiger partial charge in [0.05, 0.1) is 19.1 Å². The summed E-state index contributed by atoms with van der Waals surface area (Å²) >= 11 is 0. The van der Waals surface area contributed by atoms with Gasteiger partial charge in [-0.05, 0) is 48.2 Å². The zero-order valence-corrected chi connectivity index (χ0v) is 15.0. The van der Waals surface area contributed by atoms with Crippen molar-refractivity contribution < 1.29 is 19.4 Å². The number of methoxy groups -OCH3 is 1. The van der Waals surface area contributed by atoms with E-state index in [1.54, 1.807) is 31.2 Å². The van der Waals surface area contributed by atoms with Crippen LogP contribution in [0.2, 0.25) is 0 Å². The lowest BCUT2D eigenvalue weighted by Gasteiger charge is -2.19. The molecule has 0 fully saturated rings. The molecule has 1 N–H and O–H groups in total. The summed E-state index contributed by atoms with van der Waals surface area (Å²) in [5, 5.41) is 9.04. The zero-order valence-electron chi connectivity index (χ0n) is 15.0. The van der Waals surface area contributed by atoms with E-state index in [2.05, 4.69) is 0 Å².